The summed E-state index contributed by atoms with van der Waals surface area (Å²) < 4.78 is 26.8. The van der Waals surface area contributed by atoms with Crippen LogP contribution in [0.1, 0.15) is 0 Å². The highest BCUT2D eigenvalue weighted by Crippen LogP contribution is 2.28. The molecule has 0 unspecified atom stereocenters. The van der Waals surface area contributed by atoms with E-state index >= 15 is 0 Å². The molecule has 2 rings (SSSR count). The van der Waals surface area contributed by atoms with E-state index in [1.54, 1.807) is 24.3 Å². The highest BCUT2D eigenvalue weighted by Gasteiger charge is 2.19. The minimum absolute atomic E-state index is 0.165. The molecule has 0 saturated carbocycles. The third-order valence-electron chi connectivity index (χ3n) is 1.95. The van der Waals surface area contributed by atoms with Gasteiger partial charge in [-0.25, -0.2) is 8.42 Å². The van der Waals surface area contributed by atoms with Crippen LogP contribution in [-0.4, -0.2) is 24.3 Å². The Morgan fingerprint density at radius 1 is 1.38 bits per heavy atom. The molecule has 1 aromatic carbocycles. The predicted octanol–water partition coefficient (Wildman–Crippen LogP) is 1.19. The molecule has 0 spiro atoms. The number of nitrogen functional groups attached to an aromatic ring is 1. The van der Waals surface area contributed by atoms with E-state index in [0.29, 0.717) is 16.9 Å². The van der Waals surface area contributed by atoms with E-state index < -0.39 is 9.84 Å². The van der Waals surface area contributed by atoms with Crippen molar-refractivity contribution >= 4 is 27.1 Å². The lowest BCUT2D eigenvalue weighted by atomic mass is 10.1. The number of nitrogens with two attached hydrogens (primary N) is 1. The molecule has 0 aliphatic carbocycles. The van der Waals surface area contributed by atoms with E-state index in [4.69, 9.17) is 5.73 Å². The van der Waals surface area contributed by atoms with Gasteiger partial charge in [-0.2, -0.15) is 0 Å². The fourth-order valence-electron chi connectivity index (χ4n) is 1.29. The number of anilines is 1. The summed E-state index contributed by atoms with van der Waals surface area (Å²) in [5.74, 6) is 0. The minimum atomic E-state index is -3.30. The third-order valence-corrected chi connectivity index (χ3v) is 4.48. The lowest BCUT2D eigenvalue weighted by Crippen LogP contribution is -1.96. The van der Waals surface area contributed by atoms with Crippen molar-refractivity contribution < 1.29 is 8.42 Å². The topological polar surface area (TPSA) is 85.9 Å². The van der Waals surface area contributed by atoms with E-state index in [0.717, 1.165) is 17.8 Å². The van der Waals surface area contributed by atoms with Gasteiger partial charge in [0.1, 0.15) is 5.69 Å². The van der Waals surface area contributed by atoms with Crippen molar-refractivity contribution in [1.29, 1.82) is 0 Å². The Kier molecular flexibility index (Phi) is 2.64. The second-order valence-electron chi connectivity index (χ2n) is 3.31. The second-order valence-corrected chi connectivity index (χ2v) is 6.27. The predicted molar refractivity (Wildman–Crippen MR) is 62.9 cm³/mol. The summed E-state index contributed by atoms with van der Waals surface area (Å²) in [6.45, 7) is 0. The van der Waals surface area contributed by atoms with Crippen molar-refractivity contribution in [3.63, 3.8) is 0 Å². The Hall–Kier alpha value is -1.47. The molecule has 0 fully saturated rings. The normalized spacial score (nSPS) is 11.6. The van der Waals surface area contributed by atoms with Gasteiger partial charge in [0.15, 0.2) is 14.0 Å². The van der Waals surface area contributed by atoms with Crippen LogP contribution in [0.2, 0.25) is 0 Å². The number of aromatic nitrogens is 2. The van der Waals surface area contributed by atoms with Gasteiger partial charge >= 0.3 is 0 Å². The molecule has 1 aromatic heterocycles. The van der Waals surface area contributed by atoms with Gasteiger partial charge in [0, 0.05) is 29.0 Å². The van der Waals surface area contributed by atoms with Crippen LogP contribution in [0.5, 0.6) is 0 Å². The fraction of sp³-hybridized carbons (Fsp3) is 0.111. The van der Waals surface area contributed by atoms with Crippen molar-refractivity contribution in [3.05, 3.63) is 24.3 Å². The number of benzene rings is 1. The Labute approximate surface area is 97.0 Å². The summed E-state index contributed by atoms with van der Waals surface area (Å²) in [5, 5.41) is 3.83. The highest BCUT2D eigenvalue weighted by atomic mass is 32.2. The summed E-state index contributed by atoms with van der Waals surface area (Å²) >= 11 is 0.867. The zero-order valence-electron chi connectivity index (χ0n) is 8.41. The fourth-order valence-corrected chi connectivity index (χ4v) is 2.88. The highest BCUT2D eigenvalue weighted by molar-refractivity contribution is 7.92. The van der Waals surface area contributed by atoms with E-state index in [9.17, 15) is 8.42 Å². The van der Waals surface area contributed by atoms with Crippen LogP contribution in [0.15, 0.2) is 28.5 Å². The maximum atomic E-state index is 11.5. The molecule has 0 aliphatic heterocycles. The van der Waals surface area contributed by atoms with Gasteiger partial charge in [0.2, 0.25) is 0 Å². The van der Waals surface area contributed by atoms with Crippen LogP contribution in [0.4, 0.5) is 5.69 Å². The van der Waals surface area contributed by atoms with Crippen molar-refractivity contribution in [2.24, 2.45) is 0 Å². The molecule has 84 valence electrons. The number of hydrogen-bond donors (Lipinski definition) is 1. The molecule has 0 atom stereocenters. The number of sulfone groups is 1. The Balaban J connectivity index is 2.62. The SMILES string of the molecule is CS(=O)(=O)c1snnc1-c1cccc(N)c1. The van der Waals surface area contributed by atoms with Gasteiger partial charge < -0.3 is 5.73 Å². The molecule has 0 aliphatic rings. The summed E-state index contributed by atoms with van der Waals surface area (Å²) in [6, 6.07) is 6.90. The van der Waals surface area contributed by atoms with Crippen molar-refractivity contribution in [3.8, 4) is 11.3 Å². The van der Waals surface area contributed by atoms with E-state index in [-0.39, 0.29) is 4.21 Å². The number of hydrogen-bond acceptors (Lipinski definition) is 6. The molecule has 7 heteroatoms. The van der Waals surface area contributed by atoms with E-state index in [2.05, 4.69) is 9.59 Å². The van der Waals surface area contributed by atoms with Crippen LogP contribution in [0.25, 0.3) is 11.3 Å². The first-order valence-corrected chi connectivity index (χ1v) is 7.03. The minimum Gasteiger partial charge on any atom is -0.399 e. The van der Waals surface area contributed by atoms with E-state index in [1.165, 1.54) is 0 Å². The summed E-state index contributed by atoms with van der Waals surface area (Å²) in [4.78, 5) is 0. The largest absolute Gasteiger partial charge is 0.399 e. The van der Waals surface area contributed by atoms with Crippen LogP contribution in [-0.2, 0) is 9.84 Å². The monoisotopic (exact) mass is 255 g/mol. The third kappa shape index (κ3) is 2.05. The van der Waals surface area contributed by atoms with Gasteiger partial charge in [0.05, 0.1) is 0 Å². The molecule has 0 radical (unpaired) electrons. The number of nitrogens with zero attached hydrogens (tertiary/aromatic N) is 2. The van der Waals surface area contributed by atoms with Crippen LogP contribution in [0.3, 0.4) is 0 Å². The zero-order valence-corrected chi connectivity index (χ0v) is 10.0. The average molecular weight is 255 g/mol. The summed E-state index contributed by atoms with van der Waals surface area (Å²) in [7, 11) is -3.30. The quantitative estimate of drug-likeness (QED) is 0.815. The smallest absolute Gasteiger partial charge is 0.188 e. The molecule has 2 aromatic rings. The van der Waals surface area contributed by atoms with Crippen molar-refractivity contribution in [1.82, 2.24) is 9.59 Å². The van der Waals surface area contributed by atoms with E-state index in [1.807, 2.05) is 0 Å². The standard InChI is InChI=1S/C9H9N3O2S2/c1-16(13,14)9-8(11-12-15-9)6-3-2-4-7(10)5-6/h2-5H,10H2,1H3. The van der Waals surface area contributed by atoms with Gasteiger partial charge in [0.25, 0.3) is 0 Å². The summed E-state index contributed by atoms with van der Waals surface area (Å²) in [5.41, 5.74) is 7.21. The van der Waals surface area contributed by atoms with Crippen LogP contribution >= 0.6 is 11.5 Å². The van der Waals surface area contributed by atoms with Crippen molar-refractivity contribution in [2.45, 2.75) is 4.21 Å². The Bertz CT molecular complexity index is 619. The molecule has 2 N–H and O–H groups in total. The molecular formula is C9H9N3O2S2. The first-order chi connectivity index (χ1) is 7.48. The lowest BCUT2D eigenvalue weighted by Gasteiger charge is -2.00. The molecule has 0 saturated heterocycles. The Morgan fingerprint density at radius 2 is 2.12 bits per heavy atom. The van der Waals surface area contributed by atoms with Gasteiger partial charge in [-0.15, -0.1) is 5.10 Å². The molecular weight excluding hydrogens is 246 g/mol. The molecule has 1 heterocycles. The maximum Gasteiger partial charge on any atom is 0.188 e. The Morgan fingerprint density at radius 3 is 2.75 bits per heavy atom. The summed E-state index contributed by atoms with van der Waals surface area (Å²) in [6.07, 6.45) is 1.14. The van der Waals surface area contributed by atoms with Crippen LogP contribution < -0.4 is 5.73 Å². The van der Waals surface area contributed by atoms with Crippen molar-refractivity contribution in [2.75, 3.05) is 12.0 Å². The lowest BCUT2D eigenvalue weighted by molar-refractivity contribution is 0.604. The molecule has 16 heavy (non-hydrogen) atoms. The molecule has 5 nitrogen and oxygen atoms in total. The average Bonchev–Trinajstić information content (AvgIpc) is 2.65. The van der Waals surface area contributed by atoms with Gasteiger partial charge in [-0.1, -0.05) is 16.6 Å². The van der Waals surface area contributed by atoms with Crippen LogP contribution in [0, 0.1) is 0 Å². The first-order valence-electron chi connectivity index (χ1n) is 4.37. The second kappa shape index (κ2) is 3.84. The number of rotatable bonds is 2. The molecule has 0 bridgehead atoms. The molecule has 0 amide bonds. The first kappa shape index (κ1) is 11.0. The maximum absolute atomic E-state index is 11.5. The zero-order chi connectivity index (χ0) is 11.8. The van der Waals surface area contributed by atoms with Gasteiger partial charge in [-0.05, 0) is 12.1 Å². The van der Waals surface area contributed by atoms with Gasteiger partial charge in [-0.3, -0.25) is 0 Å².